The van der Waals surface area contributed by atoms with Crippen LogP contribution in [0.25, 0.3) is 10.9 Å². The van der Waals surface area contributed by atoms with Gasteiger partial charge in [0.05, 0.1) is 30.6 Å². The summed E-state index contributed by atoms with van der Waals surface area (Å²) in [5.41, 5.74) is 3.33. The van der Waals surface area contributed by atoms with Crippen LogP contribution < -0.4 is 10.2 Å². The van der Waals surface area contributed by atoms with Crippen molar-refractivity contribution in [3.63, 3.8) is 0 Å². The number of hydrogen-bond acceptors (Lipinski definition) is 11. The van der Waals surface area contributed by atoms with Gasteiger partial charge in [0.15, 0.2) is 5.82 Å². The number of hydrogen-bond donors (Lipinski definition) is 4. The Morgan fingerprint density at radius 3 is 2.67 bits per heavy atom. The number of amides is 1. The number of carbonyl (C=O) groups is 1. The van der Waals surface area contributed by atoms with Crippen LogP contribution in [0.5, 0.6) is 0 Å². The van der Waals surface area contributed by atoms with Gasteiger partial charge in [-0.2, -0.15) is 0 Å². The second-order valence-electron chi connectivity index (χ2n) is 12.1. The Morgan fingerprint density at radius 2 is 1.93 bits per heavy atom. The van der Waals surface area contributed by atoms with Crippen molar-refractivity contribution in [3.8, 4) is 0 Å². The molecule has 3 fully saturated rings. The van der Waals surface area contributed by atoms with Crippen molar-refractivity contribution in [1.29, 1.82) is 0 Å². The van der Waals surface area contributed by atoms with E-state index < -0.39 is 18.2 Å². The predicted molar refractivity (Wildman–Crippen MR) is 156 cm³/mol. The monoisotopic (exact) mass is 574 g/mol. The van der Waals surface area contributed by atoms with Crippen molar-refractivity contribution in [2.24, 2.45) is 0 Å². The molecule has 7 heterocycles. The van der Waals surface area contributed by atoms with E-state index in [0.717, 1.165) is 53.7 Å². The Hall–Kier alpha value is -3.45. The van der Waals surface area contributed by atoms with Crippen molar-refractivity contribution in [2.75, 3.05) is 36.5 Å². The summed E-state index contributed by atoms with van der Waals surface area (Å²) in [6.45, 7) is 3.49. The van der Waals surface area contributed by atoms with E-state index in [1.54, 1.807) is 13.1 Å². The molecule has 12 nitrogen and oxygen atoms in total. The number of likely N-dealkylation sites (tertiary alicyclic amines) is 1. The lowest BCUT2D eigenvalue weighted by atomic mass is 10.0. The van der Waals surface area contributed by atoms with Crippen molar-refractivity contribution < 1.29 is 20.1 Å². The van der Waals surface area contributed by atoms with Crippen molar-refractivity contribution in [3.05, 3.63) is 41.3 Å². The highest BCUT2D eigenvalue weighted by Gasteiger charge is 2.41. The molecule has 1 unspecified atom stereocenters. The summed E-state index contributed by atoms with van der Waals surface area (Å²) in [5.74, 6) is 1.89. The number of nitrogens with zero attached hydrogens (tertiary/aromatic N) is 7. The quantitative estimate of drug-likeness (QED) is 0.326. The normalized spacial score (nSPS) is 26.2. The highest BCUT2D eigenvalue weighted by Crippen LogP contribution is 2.42. The minimum absolute atomic E-state index is 0.00739. The molecule has 222 valence electrons. The fourth-order valence-electron chi connectivity index (χ4n) is 7.27. The van der Waals surface area contributed by atoms with Crippen LogP contribution in [0.4, 0.5) is 17.6 Å². The average Bonchev–Trinajstić information content (AvgIpc) is 3.70. The summed E-state index contributed by atoms with van der Waals surface area (Å²) in [5, 5.41) is 33.9. The lowest BCUT2D eigenvalue weighted by molar-refractivity contribution is -0.137. The molecule has 7 rings (SSSR count). The van der Waals surface area contributed by atoms with Crippen molar-refractivity contribution in [2.45, 2.75) is 82.3 Å². The van der Waals surface area contributed by atoms with E-state index in [0.29, 0.717) is 68.6 Å². The molecule has 0 spiro atoms. The number of aromatic nitrogens is 4. The standard InChI is InChI=1S/C30H38N8O4/c1-17(40)24-12-19-14-31-30(35-27(19)28(33-24)38-20-3-4-21(38)6-5-20)34-26-7-2-18-15-37(9-8-23(18)32-26)29(42)25-13-22(41)16-36(25)10-11-39/h2,7,12,14,17,20-22,25,39-41H,3-6,8-11,13,15-16H2,1H3,(H,31,32,34,35)/t17?,20?,21?,22-,25+/m1/s1. The Labute approximate surface area is 244 Å². The third-order valence-electron chi connectivity index (χ3n) is 9.35. The summed E-state index contributed by atoms with van der Waals surface area (Å²) >= 11 is 0. The summed E-state index contributed by atoms with van der Waals surface area (Å²) < 4.78 is 0. The average molecular weight is 575 g/mol. The number of aliphatic hydroxyl groups excluding tert-OH is 3. The zero-order valence-corrected chi connectivity index (χ0v) is 23.9. The number of aliphatic hydroxyl groups is 3. The highest BCUT2D eigenvalue weighted by atomic mass is 16.3. The van der Waals surface area contributed by atoms with Gasteiger partial charge in [-0.25, -0.2) is 19.9 Å². The molecule has 0 saturated carbocycles. The van der Waals surface area contributed by atoms with E-state index in [2.05, 4.69) is 15.2 Å². The Bertz CT molecular complexity index is 1480. The third-order valence-corrected chi connectivity index (χ3v) is 9.35. The zero-order chi connectivity index (χ0) is 29.0. The van der Waals surface area contributed by atoms with E-state index in [1.165, 1.54) is 0 Å². The molecule has 3 aromatic heterocycles. The Morgan fingerprint density at radius 1 is 1.14 bits per heavy atom. The van der Waals surface area contributed by atoms with Gasteiger partial charge < -0.3 is 30.4 Å². The van der Waals surface area contributed by atoms with Gasteiger partial charge in [0.25, 0.3) is 0 Å². The van der Waals surface area contributed by atoms with Gasteiger partial charge in [-0.05, 0) is 56.7 Å². The van der Waals surface area contributed by atoms with Crippen LogP contribution in [0.2, 0.25) is 0 Å². The maximum absolute atomic E-state index is 13.3. The van der Waals surface area contributed by atoms with Crippen LogP contribution in [0.3, 0.4) is 0 Å². The second kappa shape index (κ2) is 11.0. The number of rotatable bonds is 7. The van der Waals surface area contributed by atoms with Crippen LogP contribution in [0.15, 0.2) is 24.4 Å². The molecule has 12 heteroatoms. The summed E-state index contributed by atoms with van der Waals surface area (Å²) in [7, 11) is 0. The first-order valence-electron chi connectivity index (χ1n) is 15.1. The van der Waals surface area contributed by atoms with E-state index in [4.69, 9.17) is 15.0 Å². The number of carbonyl (C=O) groups excluding carboxylic acids is 1. The van der Waals surface area contributed by atoms with E-state index in [1.807, 2.05) is 28.0 Å². The topological polar surface area (TPSA) is 151 Å². The maximum atomic E-state index is 13.3. The molecule has 0 aromatic carbocycles. The number of pyridine rings is 2. The van der Waals surface area contributed by atoms with Crippen LogP contribution >= 0.6 is 0 Å². The summed E-state index contributed by atoms with van der Waals surface area (Å²) in [6.07, 6.45) is 6.21. The molecule has 3 aromatic rings. The van der Waals surface area contributed by atoms with Gasteiger partial charge in [-0.15, -0.1) is 0 Å². The van der Waals surface area contributed by atoms with Crippen LogP contribution in [0, 0.1) is 0 Å². The number of nitrogens with one attached hydrogen (secondary N) is 1. The molecule has 2 bridgehead atoms. The van der Waals surface area contributed by atoms with Gasteiger partial charge >= 0.3 is 0 Å². The smallest absolute Gasteiger partial charge is 0.240 e. The summed E-state index contributed by atoms with van der Waals surface area (Å²) in [6, 6.07) is 6.26. The molecular weight excluding hydrogens is 536 g/mol. The molecule has 1 amide bonds. The molecule has 4 aliphatic rings. The Kier molecular flexibility index (Phi) is 7.17. The first-order chi connectivity index (χ1) is 20.4. The molecule has 4 aliphatic heterocycles. The van der Waals surface area contributed by atoms with Crippen LogP contribution in [-0.2, 0) is 17.8 Å². The molecule has 0 radical (unpaired) electrons. The second-order valence-corrected chi connectivity index (χ2v) is 12.1. The zero-order valence-electron chi connectivity index (χ0n) is 23.9. The minimum atomic E-state index is -0.679. The fraction of sp³-hybridized carbons (Fsp3) is 0.567. The molecule has 42 heavy (non-hydrogen) atoms. The lowest BCUT2D eigenvalue weighted by Gasteiger charge is -2.33. The van der Waals surface area contributed by atoms with E-state index in [9.17, 15) is 20.1 Å². The van der Waals surface area contributed by atoms with Crippen LogP contribution in [-0.4, -0.2) is 101 Å². The van der Waals surface area contributed by atoms with Crippen molar-refractivity contribution >= 4 is 34.4 Å². The van der Waals surface area contributed by atoms with Gasteiger partial charge in [-0.3, -0.25) is 9.69 Å². The van der Waals surface area contributed by atoms with Crippen LogP contribution in [0.1, 0.15) is 62.1 Å². The lowest BCUT2D eigenvalue weighted by Crippen LogP contribution is -2.48. The predicted octanol–water partition coefficient (Wildman–Crippen LogP) is 1.66. The van der Waals surface area contributed by atoms with Gasteiger partial charge in [0.2, 0.25) is 11.9 Å². The summed E-state index contributed by atoms with van der Waals surface area (Å²) in [4.78, 5) is 38.6. The third kappa shape index (κ3) is 4.96. The van der Waals surface area contributed by atoms with Gasteiger partial charge in [0, 0.05) is 62.0 Å². The fourth-order valence-corrected chi connectivity index (χ4v) is 7.27. The van der Waals surface area contributed by atoms with E-state index >= 15 is 0 Å². The number of β-amino-alcohol motifs (C(OH)–C–C–N with tert-alkyl or cyclic N) is 2. The first-order valence-corrected chi connectivity index (χ1v) is 15.1. The largest absolute Gasteiger partial charge is 0.395 e. The highest BCUT2D eigenvalue weighted by molar-refractivity contribution is 5.90. The maximum Gasteiger partial charge on any atom is 0.240 e. The molecular formula is C30H38N8O4. The number of anilines is 3. The molecule has 3 atom stereocenters. The minimum Gasteiger partial charge on any atom is -0.395 e. The Balaban J connectivity index is 1.11. The van der Waals surface area contributed by atoms with Gasteiger partial charge in [-0.1, -0.05) is 6.07 Å². The number of fused-ring (bicyclic) bond motifs is 4. The SMILES string of the molecule is CC(O)c1cc2cnc(Nc3ccc4c(n3)CCN(C(=O)[C@@H]3C[C@@H](O)CN3CCO)C4)nc2c(N2C3CCC2CC3)n1. The molecule has 0 aliphatic carbocycles. The van der Waals surface area contributed by atoms with Gasteiger partial charge in [0.1, 0.15) is 11.3 Å². The first kappa shape index (κ1) is 27.4. The van der Waals surface area contributed by atoms with E-state index in [-0.39, 0.29) is 12.5 Å². The molecule has 3 saturated heterocycles. The van der Waals surface area contributed by atoms with Crippen molar-refractivity contribution in [1.82, 2.24) is 29.7 Å². The molecule has 4 N–H and O–H groups in total.